The molecule has 1 unspecified atom stereocenters. The molecule has 1 aromatic heterocycles. The van der Waals surface area contributed by atoms with E-state index in [-0.39, 0.29) is 11.9 Å². The molecule has 1 N–H and O–H groups in total. The van der Waals surface area contributed by atoms with E-state index in [1.807, 2.05) is 43.1 Å². The monoisotopic (exact) mass is 374 g/mol. The first-order valence-corrected chi connectivity index (χ1v) is 8.64. The number of amides is 1. The van der Waals surface area contributed by atoms with Gasteiger partial charge >= 0.3 is 5.97 Å². The van der Waals surface area contributed by atoms with Gasteiger partial charge in [-0.2, -0.15) is 0 Å². The summed E-state index contributed by atoms with van der Waals surface area (Å²) in [4.78, 5) is 26.0. The molecule has 0 spiro atoms. The van der Waals surface area contributed by atoms with Gasteiger partial charge in [-0.25, -0.2) is 4.79 Å². The second kappa shape index (κ2) is 9.23. The van der Waals surface area contributed by atoms with Gasteiger partial charge in [0.1, 0.15) is 22.8 Å². The number of carbonyl (C=O) groups is 2. The molecule has 146 valence electrons. The molecule has 7 nitrogen and oxygen atoms in total. The predicted molar refractivity (Wildman–Crippen MR) is 101 cm³/mol. The number of esters is 1. The summed E-state index contributed by atoms with van der Waals surface area (Å²) in [5.74, 6) is 1.32. The van der Waals surface area contributed by atoms with Crippen LogP contribution in [0.3, 0.4) is 0 Å². The lowest BCUT2D eigenvalue weighted by Crippen LogP contribution is -2.42. The Morgan fingerprint density at radius 3 is 2.67 bits per heavy atom. The molecule has 0 saturated carbocycles. The Balaban J connectivity index is 1.92. The first-order valence-electron chi connectivity index (χ1n) is 8.64. The van der Waals surface area contributed by atoms with Gasteiger partial charge < -0.3 is 19.2 Å². The number of benzene rings is 1. The molecule has 1 atom stereocenters. The zero-order valence-corrected chi connectivity index (χ0v) is 16.4. The van der Waals surface area contributed by atoms with Crippen LogP contribution in [0.4, 0.5) is 0 Å². The van der Waals surface area contributed by atoms with Crippen LogP contribution >= 0.6 is 0 Å². The topological polar surface area (TPSA) is 81.0 Å². The average molecular weight is 374 g/mol. The van der Waals surface area contributed by atoms with Gasteiger partial charge in [-0.3, -0.25) is 9.69 Å². The summed E-state index contributed by atoms with van der Waals surface area (Å²) in [6.45, 7) is 4.34. The summed E-state index contributed by atoms with van der Waals surface area (Å²) in [6, 6.07) is 8.83. The van der Waals surface area contributed by atoms with Crippen LogP contribution in [-0.4, -0.2) is 44.1 Å². The molecular formula is C20H26N2O5. The van der Waals surface area contributed by atoms with Crippen LogP contribution < -0.4 is 10.1 Å². The normalized spacial score (nSPS) is 11.9. The van der Waals surface area contributed by atoms with Gasteiger partial charge in [-0.15, -0.1) is 0 Å². The van der Waals surface area contributed by atoms with E-state index < -0.39 is 5.97 Å². The molecular weight excluding hydrogens is 348 g/mol. The fourth-order valence-corrected chi connectivity index (χ4v) is 2.64. The third-order valence-corrected chi connectivity index (χ3v) is 4.42. The van der Waals surface area contributed by atoms with Crippen molar-refractivity contribution in [2.24, 2.45) is 0 Å². The van der Waals surface area contributed by atoms with Gasteiger partial charge in [-0.1, -0.05) is 12.1 Å². The minimum Gasteiger partial charge on any atom is -0.497 e. The molecule has 0 radical (unpaired) electrons. The van der Waals surface area contributed by atoms with E-state index >= 15 is 0 Å². The van der Waals surface area contributed by atoms with Crippen molar-refractivity contribution >= 4 is 11.9 Å². The highest BCUT2D eigenvalue weighted by atomic mass is 16.5. The highest BCUT2D eigenvalue weighted by Crippen LogP contribution is 2.18. The molecule has 1 aromatic carbocycles. The number of furan rings is 1. The quantitative estimate of drug-likeness (QED) is 0.715. The minimum atomic E-state index is -0.436. The van der Waals surface area contributed by atoms with Crippen LogP contribution in [0.25, 0.3) is 0 Å². The van der Waals surface area contributed by atoms with Crippen molar-refractivity contribution in [2.45, 2.75) is 33.0 Å². The third kappa shape index (κ3) is 5.34. The predicted octanol–water partition coefficient (Wildman–Crippen LogP) is 2.52. The average Bonchev–Trinajstić information content (AvgIpc) is 3.04. The van der Waals surface area contributed by atoms with E-state index in [9.17, 15) is 9.59 Å². The van der Waals surface area contributed by atoms with E-state index in [0.717, 1.165) is 11.3 Å². The Kier molecular flexibility index (Phi) is 7.01. The number of nitrogens with one attached hydrogen (secondary N) is 1. The number of rotatable bonds is 8. The Morgan fingerprint density at radius 1 is 1.26 bits per heavy atom. The van der Waals surface area contributed by atoms with E-state index in [2.05, 4.69) is 5.32 Å². The van der Waals surface area contributed by atoms with Crippen LogP contribution in [0.5, 0.6) is 5.75 Å². The lowest BCUT2D eigenvalue weighted by atomic mass is 10.2. The van der Waals surface area contributed by atoms with Crippen molar-refractivity contribution < 1.29 is 23.5 Å². The number of carbonyl (C=O) groups excluding carboxylic acids is 2. The molecule has 0 aliphatic rings. The Bertz CT molecular complexity index is 799. The van der Waals surface area contributed by atoms with Crippen LogP contribution in [-0.2, 0) is 22.6 Å². The van der Waals surface area contributed by atoms with Gasteiger partial charge in [0.25, 0.3) is 0 Å². The SMILES string of the molecule is COC(=O)c1cc(CN(C)C(C)C(=O)NCc2cccc(OC)c2)oc1C. The lowest BCUT2D eigenvalue weighted by molar-refractivity contribution is -0.125. The molecule has 1 heterocycles. The van der Waals surface area contributed by atoms with E-state index in [1.54, 1.807) is 20.1 Å². The van der Waals surface area contributed by atoms with E-state index in [4.69, 9.17) is 13.9 Å². The Hall–Kier alpha value is -2.80. The zero-order valence-electron chi connectivity index (χ0n) is 16.4. The zero-order chi connectivity index (χ0) is 20.0. The van der Waals surface area contributed by atoms with Crippen molar-refractivity contribution in [1.82, 2.24) is 10.2 Å². The van der Waals surface area contributed by atoms with Crippen molar-refractivity contribution in [1.29, 1.82) is 0 Å². The molecule has 2 aromatic rings. The number of hydrogen-bond acceptors (Lipinski definition) is 6. The largest absolute Gasteiger partial charge is 0.497 e. The number of hydrogen-bond donors (Lipinski definition) is 1. The van der Waals surface area contributed by atoms with Crippen molar-refractivity contribution in [3.63, 3.8) is 0 Å². The highest BCUT2D eigenvalue weighted by molar-refractivity contribution is 5.90. The molecule has 2 rings (SSSR count). The fraction of sp³-hybridized carbons (Fsp3) is 0.400. The number of likely N-dealkylation sites (N-methyl/N-ethyl adjacent to an activating group) is 1. The molecule has 0 aliphatic heterocycles. The van der Waals surface area contributed by atoms with Crippen LogP contribution in [0, 0.1) is 6.92 Å². The van der Waals surface area contributed by atoms with Crippen molar-refractivity contribution in [2.75, 3.05) is 21.3 Å². The maximum absolute atomic E-state index is 12.4. The maximum atomic E-state index is 12.4. The fourth-order valence-electron chi connectivity index (χ4n) is 2.64. The molecule has 27 heavy (non-hydrogen) atoms. The van der Waals surface area contributed by atoms with E-state index in [0.29, 0.717) is 30.2 Å². The Morgan fingerprint density at radius 2 is 2.00 bits per heavy atom. The standard InChI is InChI=1S/C20H26N2O5/c1-13(19(23)21-11-15-7-6-8-16(9-15)25-4)22(3)12-17-10-18(14(2)27-17)20(24)26-5/h6-10,13H,11-12H2,1-5H3,(H,21,23). The smallest absolute Gasteiger partial charge is 0.341 e. The number of ether oxygens (including phenoxy) is 2. The summed E-state index contributed by atoms with van der Waals surface area (Å²) in [7, 11) is 4.76. The Labute approximate surface area is 159 Å². The maximum Gasteiger partial charge on any atom is 0.341 e. The molecule has 0 aliphatic carbocycles. The first kappa shape index (κ1) is 20.5. The highest BCUT2D eigenvalue weighted by Gasteiger charge is 2.21. The van der Waals surface area contributed by atoms with Gasteiger partial charge in [0.15, 0.2) is 0 Å². The second-order valence-electron chi connectivity index (χ2n) is 6.33. The number of aryl methyl sites for hydroxylation is 1. The summed E-state index contributed by atoms with van der Waals surface area (Å²) in [5, 5.41) is 2.92. The molecule has 0 saturated heterocycles. The third-order valence-electron chi connectivity index (χ3n) is 4.42. The van der Waals surface area contributed by atoms with Gasteiger partial charge in [0.2, 0.25) is 5.91 Å². The summed E-state index contributed by atoms with van der Waals surface area (Å²) in [5.41, 5.74) is 1.36. The van der Waals surface area contributed by atoms with Crippen molar-refractivity contribution in [3.8, 4) is 5.75 Å². The minimum absolute atomic E-state index is 0.100. The van der Waals surface area contributed by atoms with Gasteiger partial charge in [0, 0.05) is 6.54 Å². The molecule has 1 amide bonds. The number of nitrogens with zero attached hydrogens (tertiary/aromatic N) is 1. The number of methoxy groups -OCH3 is 2. The van der Waals surface area contributed by atoms with Gasteiger partial charge in [-0.05, 0) is 44.7 Å². The van der Waals surface area contributed by atoms with Crippen molar-refractivity contribution in [3.05, 3.63) is 53.0 Å². The first-order chi connectivity index (χ1) is 12.8. The summed E-state index contributed by atoms with van der Waals surface area (Å²) < 4.78 is 15.5. The molecule has 0 bridgehead atoms. The second-order valence-corrected chi connectivity index (χ2v) is 6.33. The molecule has 0 fully saturated rings. The summed E-state index contributed by atoms with van der Waals surface area (Å²) >= 11 is 0. The molecule has 7 heteroatoms. The van der Waals surface area contributed by atoms with Crippen LogP contribution in [0.2, 0.25) is 0 Å². The van der Waals surface area contributed by atoms with Crippen LogP contribution in [0.1, 0.15) is 34.4 Å². The van der Waals surface area contributed by atoms with Gasteiger partial charge in [0.05, 0.1) is 26.8 Å². The van der Waals surface area contributed by atoms with Crippen LogP contribution in [0.15, 0.2) is 34.7 Å². The summed E-state index contributed by atoms with van der Waals surface area (Å²) in [6.07, 6.45) is 0. The van der Waals surface area contributed by atoms with E-state index in [1.165, 1.54) is 7.11 Å². The lowest BCUT2D eigenvalue weighted by Gasteiger charge is -2.23.